The van der Waals surface area contributed by atoms with E-state index < -0.39 is 40.9 Å². The number of Topliss-reactive ketones (excluding diaryl/α,β-unsaturated/α-hetero) is 1. The molecule has 0 aromatic rings. The highest BCUT2D eigenvalue weighted by Gasteiger charge is 2.70. The van der Waals surface area contributed by atoms with Gasteiger partial charge in [-0.3, -0.25) is 14.4 Å². The number of carbonyl (C=O) groups is 3. The van der Waals surface area contributed by atoms with Gasteiger partial charge in [-0.15, -0.1) is 0 Å². The van der Waals surface area contributed by atoms with Gasteiger partial charge in [0.25, 0.3) is 0 Å². The van der Waals surface area contributed by atoms with Gasteiger partial charge in [0.15, 0.2) is 11.4 Å². The van der Waals surface area contributed by atoms with Crippen LogP contribution in [0, 0.1) is 28.6 Å². The Bertz CT molecular complexity index is 950. The van der Waals surface area contributed by atoms with Crippen molar-refractivity contribution < 1.29 is 29.3 Å². The van der Waals surface area contributed by atoms with Crippen LogP contribution in [0.5, 0.6) is 0 Å². The Hall–Kier alpha value is -1.76. The number of ether oxygens (including phenoxy) is 1. The summed E-state index contributed by atoms with van der Waals surface area (Å²) in [7, 11) is 0. The van der Waals surface area contributed by atoms with E-state index in [2.05, 4.69) is 0 Å². The van der Waals surface area contributed by atoms with Crippen LogP contribution >= 0.6 is 11.6 Å². The van der Waals surface area contributed by atoms with Crippen LogP contribution in [-0.4, -0.2) is 46.1 Å². The molecule has 0 aliphatic heterocycles. The SMILES string of the molecule is CCCC(=O)O[C@]1(C(=O)CO)CC[C@H]2[C@@H]3C=C(Cl)C4=CC(=O)C=C[C@]4(C)[C@H]3[C@@H](O)C[C@@]21C. The van der Waals surface area contributed by atoms with E-state index in [1.54, 1.807) is 0 Å². The van der Waals surface area contributed by atoms with Crippen LogP contribution in [0.3, 0.4) is 0 Å². The Morgan fingerprint density at radius 3 is 2.69 bits per heavy atom. The van der Waals surface area contributed by atoms with E-state index in [0.29, 0.717) is 29.9 Å². The minimum Gasteiger partial charge on any atom is -0.450 e. The standard InChI is InChI=1S/C25H31ClO6/c1-4-5-21(31)32-25(20(30)13-27)9-7-16-15-11-18(26)17-10-14(28)6-8-23(17,2)22(15)19(29)12-24(16,25)3/h6,8,10-11,15-16,19,22,27,29H,4-5,7,9,12-13H2,1-3H3/t15-,16-,19-,22+,23-,24-,25-/m0/s1. The molecule has 32 heavy (non-hydrogen) atoms. The Morgan fingerprint density at radius 2 is 2.03 bits per heavy atom. The lowest BCUT2D eigenvalue weighted by molar-refractivity contribution is -0.196. The molecule has 2 saturated carbocycles. The van der Waals surface area contributed by atoms with Crippen molar-refractivity contribution in [3.8, 4) is 0 Å². The number of halogens is 1. The molecule has 0 amide bonds. The highest BCUT2D eigenvalue weighted by molar-refractivity contribution is 6.32. The number of hydrogen-bond acceptors (Lipinski definition) is 6. The third-order valence-corrected chi connectivity index (χ3v) is 8.89. The average Bonchev–Trinajstić information content (AvgIpc) is 3.01. The number of esters is 1. The molecular weight excluding hydrogens is 432 g/mol. The molecule has 7 atom stereocenters. The molecule has 4 rings (SSSR count). The van der Waals surface area contributed by atoms with Crippen molar-refractivity contribution in [3.63, 3.8) is 0 Å². The van der Waals surface area contributed by atoms with Gasteiger partial charge in [-0.25, -0.2) is 0 Å². The summed E-state index contributed by atoms with van der Waals surface area (Å²) in [5, 5.41) is 21.7. The third kappa shape index (κ3) is 3.10. The van der Waals surface area contributed by atoms with Crippen LogP contribution in [0.15, 0.2) is 34.9 Å². The molecule has 0 aromatic carbocycles. The molecule has 0 spiro atoms. The highest BCUT2D eigenvalue weighted by atomic mass is 35.5. The van der Waals surface area contributed by atoms with E-state index >= 15 is 0 Å². The van der Waals surface area contributed by atoms with Gasteiger partial charge in [-0.05, 0) is 55.2 Å². The van der Waals surface area contributed by atoms with Gasteiger partial charge in [-0.2, -0.15) is 0 Å². The number of ketones is 2. The normalized spacial score (nSPS) is 42.4. The molecule has 0 radical (unpaired) electrons. The van der Waals surface area contributed by atoms with E-state index in [1.807, 2.05) is 32.9 Å². The van der Waals surface area contributed by atoms with E-state index in [4.69, 9.17) is 16.3 Å². The van der Waals surface area contributed by atoms with Crippen LogP contribution in [0.25, 0.3) is 0 Å². The maximum atomic E-state index is 13.1. The van der Waals surface area contributed by atoms with E-state index in [0.717, 1.165) is 0 Å². The number of aliphatic hydroxyl groups is 2. The number of carbonyl (C=O) groups excluding carboxylic acids is 3. The average molecular weight is 463 g/mol. The molecular formula is C25H31ClO6. The molecule has 0 bridgehead atoms. The molecule has 174 valence electrons. The van der Waals surface area contributed by atoms with Crippen LogP contribution in [0.4, 0.5) is 0 Å². The summed E-state index contributed by atoms with van der Waals surface area (Å²) in [6.07, 6.45) is 7.93. The highest BCUT2D eigenvalue weighted by Crippen LogP contribution is 2.67. The number of fused-ring (bicyclic) bond motifs is 5. The summed E-state index contributed by atoms with van der Waals surface area (Å²) in [6.45, 7) is 5.02. The Kier molecular flexibility index (Phi) is 5.80. The summed E-state index contributed by atoms with van der Waals surface area (Å²) in [4.78, 5) is 37.6. The van der Waals surface area contributed by atoms with Gasteiger partial charge >= 0.3 is 5.97 Å². The first-order valence-electron chi connectivity index (χ1n) is 11.4. The first-order chi connectivity index (χ1) is 15.0. The number of hydrogen-bond donors (Lipinski definition) is 2. The van der Waals surface area contributed by atoms with Crippen molar-refractivity contribution in [3.05, 3.63) is 34.9 Å². The fourth-order valence-electron chi connectivity index (χ4n) is 7.11. The van der Waals surface area contributed by atoms with Gasteiger partial charge in [0.1, 0.15) is 6.61 Å². The summed E-state index contributed by atoms with van der Waals surface area (Å²) < 4.78 is 5.88. The predicted octanol–water partition coefficient (Wildman–Crippen LogP) is 3.25. The van der Waals surface area contributed by atoms with E-state index in [1.165, 1.54) is 12.2 Å². The monoisotopic (exact) mass is 462 g/mol. The molecule has 4 aliphatic carbocycles. The maximum absolute atomic E-state index is 13.1. The lowest BCUT2D eigenvalue weighted by Crippen LogP contribution is -2.62. The first kappa shape index (κ1) is 23.4. The predicted molar refractivity (Wildman–Crippen MR) is 119 cm³/mol. The molecule has 0 aromatic heterocycles. The molecule has 6 nitrogen and oxygen atoms in total. The van der Waals surface area contributed by atoms with Crippen LogP contribution < -0.4 is 0 Å². The van der Waals surface area contributed by atoms with E-state index in [9.17, 15) is 24.6 Å². The maximum Gasteiger partial charge on any atom is 0.306 e. The number of allylic oxidation sites excluding steroid dienone is 6. The zero-order valence-corrected chi connectivity index (χ0v) is 19.5. The Balaban J connectivity index is 1.81. The van der Waals surface area contributed by atoms with Crippen molar-refractivity contribution in [2.45, 2.75) is 64.6 Å². The van der Waals surface area contributed by atoms with Gasteiger partial charge < -0.3 is 14.9 Å². The zero-order valence-electron chi connectivity index (χ0n) is 18.8. The summed E-state index contributed by atoms with van der Waals surface area (Å²) in [5.41, 5.74) is -2.23. The Labute approximate surface area is 193 Å². The minimum atomic E-state index is -1.47. The minimum absolute atomic E-state index is 0.0843. The van der Waals surface area contributed by atoms with Crippen molar-refractivity contribution in [2.75, 3.05) is 6.61 Å². The van der Waals surface area contributed by atoms with Crippen molar-refractivity contribution >= 4 is 29.1 Å². The van der Waals surface area contributed by atoms with Crippen LogP contribution in [-0.2, 0) is 19.1 Å². The lowest BCUT2D eigenvalue weighted by atomic mass is 9.47. The molecule has 0 heterocycles. The van der Waals surface area contributed by atoms with Gasteiger partial charge in [-0.1, -0.05) is 44.5 Å². The quantitative estimate of drug-likeness (QED) is 0.608. The van der Waals surface area contributed by atoms with Gasteiger partial charge in [0.05, 0.1) is 6.10 Å². The second-order valence-corrected chi connectivity index (χ2v) is 10.6. The van der Waals surface area contributed by atoms with Crippen molar-refractivity contribution in [1.29, 1.82) is 0 Å². The summed E-state index contributed by atoms with van der Waals surface area (Å²) in [6, 6.07) is 0. The van der Waals surface area contributed by atoms with Crippen LogP contribution in [0.1, 0.15) is 52.9 Å². The Morgan fingerprint density at radius 1 is 1.31 bits per heavy atom. The second kappa shape index (κ2) is 7.93. The van der Waals surface area contributed by atoms with Crippen molar-refractivity contribution in [2.24, 2.45) is 28.6 Å². The van der Waals surface area contributed by atoms with E-state index in [-0.39, 0.29) is 36.4 Å². The largest absolute Gasteiger partial charge is 0.450 e. The molecule has 4 aliphatic rings. The lowest BCUT2D eigenvalue weighted by Gasteiger charge is -2.58. The fraction of sp³-hybridized carbons (Fsp3) is 0.640. The van der Waals surface area contributed by atoms with Gasteiger partial charge in [0, 0.05) is 28.2 Å². The topological polar surface area (TPSA) is 101 Å². The second-order valence-electron chi connectivity index (χ2n) is 10.2. The number of rotatable bonds is 5. The van der Waals surface area contributed by atoms with Gasteiger partial charge in [0.2, 0.25) is 5.78 Å². The fourth-order valence-corrected chi connectivity index (χ4v) is 7.51. The summed E-state index contributed by atoms with van der Waals surface area (Å²) >= 11 is 6.67. The molecule has 2 fully saturated rings. The first-order valence-corrected chi connectivity index (χ1v) is 11.8. The smallest absolute Gasteiger partial charge is 0.306 e. The third-order valence-electron chi connectivity index (χ3n) is 8.56. The summed E-state index contributed by atoms with van der Waals surface area (Å²) in [5.74, 6) is -1.60. The van der Waals surface area contributed by atoms with Crippen LogP contribution in [0.2, 0.25) is 0 Å². The molecule has 0 saturated heterocycles. The van der Waals surface area contributed by atoms with Crippen molar-refractivity contribution in [1.82, 2.24) is 0 Å². The molecule has 7 heteroatoms. The molecule has 0 unspecified atom stereocenters. The molecule has 2 N–H and O–H groups in total. The number of aliphatic hydroxyl groups excluding tert-OH is 2. The zero-order chi connectivity index (χ0) is 23.5.